The minimum Gasteiger partial charge on any atom is -0.505 e. The Labute approximate surface area is 179 Å². The molecule has 31 heavy (non-hydrogen) atoms. The second kappa shape index (κ2) is 9.35. The Hall–Kier alpha value is -3.79. The van der Waals surface area contributed by atoms with Crippen molar-refractivity contribution in [3.63, 3.8) is 0 Å². The van der Waals surface area contributed by atoms with E-state index in [-0.39, 0.29) is 11.5 Å². The van der Waals surface area contributed by atoms with Gasteiger partial charge in [0.1, 0.15) is 6.54 Å². The van der Waals surface area contributed by atoms with E-state index in [0.717, 1.165) is 18.4 Å². The smallest absolute Gasteiger partial charge is 0.322 e. The molecule has 1 heterocycles. The lowest BCUT2D eigenvalue weighted by molar-refractivity contribution is -0.137. The number of aliphatic hydroxyl groups is 1. The third kappa shape index (κ3) is 4.69. The number of allylic oxidation sites excluding steroid dienone is 1. The van der Waals surface area contributed by atoms with Crippen molar-refractivity contribution in [3.05, 3.63) is 52.9 Å². The van der Waals surface area contributed by atoms with Gasteiger partial charge in [0.15, 0.2) is 11.5 Å². The fourth-order valence-corrected chi connectivity index (χ4v) is 3.21. The molecule has 0 unspecified atom stereocenters. The van der Waals surface area contributed by atoms with Gasteiger partial charge in [0.05, 0.1) is 11.4 Å². The summed E-state index contributed by atoms with van der Waals surface area (Å²) in [5.74, 6) is 3.46. The number of carboxylic acids is 1. The number of rotatable bonds is 8. The maximum Gasteiger partial charge on any atom is 0.322 e. The number of hydrazine groups is 1. The zero-order valence-corrected chi connectivity index (χ0v) is 17.3. The Morgan fingerprint density at radius 3 is 2.61 bits per heavy atom. The Morgan fingerprint density at radius 2 is 2.03 bits per heavy atom. The molecule has 0 aromatic heterocycles. The molecule has 1 aromatic carbocycles. The summed E-state index contributed by atoms with van der Waals surface area (Å²) in [6.45, 7) is 2.87. The van der Waals surface area contributed by atoms with Gasteiger partial charge in [0.2, 0.25) is 0 Å². The molecular weight excluding hydrogens is 400 g/mol. The first-order chi connectivity index (χ1) is 14.9. The minimum atomic E-state index is -1.19. The molecule has 2 aliphatic rings. The molecule has 0 radical (unpaired) electrons. The number of amides is 1. The predicted octanol–water partition coefficient (Wildman–Crippen LogP) is 1.31. The molecule has 7 N–H and O–H groups in total. The monoisotopic (exact) mass is 426 g/mol. The van der Waals surface area contributed by atoms with Crippen LogP contribution in [0.2, 0.25) is 0 Å². The zero-order chi connectivity index (χ0) is 22.5. The van der Waals surface area contributed by atoms with Gasteiger partial charge in [0.25, 0.3) is 5.91 Å². The van der Waals surface area contributed by atoms with Crippen LogP contribution in [-0.2, 0) is 9.59 Å². The molecule has 1 saturated carbocycles. The van der Waals surface area contributed by atoms with Crippen molar-refractivity contribution < 1.29 is 19.8 Å². The Morgan fingerprint density at radius 1 is 1.29 bits per heavy atom. The van der Waals surface area contributed by atoms with E-state index in [9.17, 15) is 14.7 Å². The number of nitrogens with one attached hydrogen (secondary N) is 3. The highest BCUT2D eigenvalue weighted by Crippen LogP contribution is 2.38. The normalized spacial score (nSPS) is 17.7. The molecule has 1 fully saturated rings. The third-order valence-electron chi connectivity index (χ3n) is 4.84. The van der Waals surface area contributed by atoms with Crippen LogP contribution in [0.4, 0.5) is 0 Å². The number of hydrogen-bond donors (Lipinski definition) is 6. The molecule has 1 amide bonds. The molecule has 1 aliphatic heterocycles. The van der Waals surface area contributed by atoms with E-state index < -0.39 is 18.4 Å². The molecule has 164 valence electrons. The lowest BCUT2D eigenvalue weighted by Gasteiger charge is -2.31. The predicted molar refractivity (Wildman–Crippen MR) is 118 cm³/mol. The summed E-state index contributed by atoms with van der Waals surface area (Å²) in [6, 6.07) is 5.75. The summed E-state index contributed by atoms with van der Waals surface area (Å²) >= 11 is 0. The lowest BCUT2D eigenvalue weighted by Crippen LogP contribution is -2.37. The quantitative estimate of drug-likeness (QED) is 0.207. The van der Waals surface area contributed by atoms with Crippen LogP contribution in [0.25, 0.3) is 17.2 Å². The first kappa shape index (κ1) is 21.9. The van der Waals surface area contributed by atoms with E-state index in [2.05, 4.69) is 21.2 Å². The first-order valence-electron chi connectivity index (χ1n) is 9.87. The molecule has 0 atom stereocenters. The molecule has 0 spiro atoms. The number of hydrogen-bond acceptors (Lipinski definition) is 8. The van der Waals surface area contributed by atoms with Crippen molar-refractivity contribution in [2.24, 2.45) is 10.9 Å². The highest BCUT2D eigenvalue weighted by Gasteiger charge is 2.33. The fourth-order valence-electron chi connectivity index (χ4n) is 3.21. The third-order valence-corrected chi connectivity index (χ3v) is 4.84. The average Bonchev–Trinajstić information content (AvgIpc) is 3.57. The minimum absolute atomic E-state index is 0.157. The van der Waals surface area contributed by atoms with E-state index in [4.69, 9.17) is 10.9 Å². The topological polar surface area (TPSA) is 152 Å². The molecule has 10 nitrogen and oxygen atoms in total. The number of carbonyl (C=O) groups excluding carboxylic acids is 1. The van der Waals surface area contributed by atoms with Gasteiger partial charge in [-0.1, -0.05) is 12.1 Å². The number of carbonyl (C=O) groups is 2. The van der Waals surface area contributed by atoms with Gasteiger partial charge in [-0.05, 0) is 38.8 Å². The molecule has 1 aliphatic carbocycles. The second-order valence-corrected chi connectivity index (χ2v) is 7.04. The standard InChI is InChI=1S/C21H26N6O4/c1-3-17-15-9-12(16(26-22)10-23-13-6-7-13)5-8-14(15)20(30)19(27(17)25-4-2)21(31)24-11-18(28)29/h3-5,8-10,13,23,26,30H,6-7,11,22H2,1-2H3,(H,24,31)(H,28,29)/b16-10-,17-3+,25-4-. The summed E-state index contributed by atoms with van der Waals surface area (Å²) in [7, 11) is 0. The number of carboxylic acid groups (broad SMARTS) is 1. The van der Waals surface area contributed by atoms with E-state index in [1.54, 1.807) is 32.1 Å². The van der Waals surface area contributed by atoms with Crippen molar-refractivity contribution in [3.8, 4) is 0 Å². The van der Waals surface area contributed by atoms with Gasteiger partial charge in [-0.2, -0.15) is 5.10 Å². The van der Waals surface area contributed by atoms with Gasteiger partial charge < -0.3 is 26.3 Å². The maximum absolute atomic E-state index is 12.7. The Bertz CT molecular complexity index is 1010. The summed E-state index contributed by atoms with van der Waals surface area (Å²) in [4.78, 5) is 23.5. The van der Waals surface area contributed by atoms with Crippen molar-refractivity contribution in [2.45, 2.75) is 32.7 Å². The van der Waals surface area contributed by atoms with Gasteiger partial charge in [0, 0.05) is 35.1 Å². The number of aliphatic carboxylic acids is 1. The van der Waals surface area contributed by atoms with Crippen LogP contribution >= 0.6 is 0 Å². The van der Waals surface area contributed by atoms with Gasteiger partial charge >= 0.3 is 5.97 Å². The number of nitrogens with two attached hydrogens (primary N) is 1. The van der Waals surface area contributed by atoms with Crippen molar-refractivity contribution in [1.82, 2.24) is 21.1 Å². The molecule has 0 bridgehead atoms. The van der Waals surface area contributed by atoms with Crippen molar-refractivity contribution in [2.75, 3.05) is 6.54 Å². The van der Waals surface area contributed by atoms with Gasteiger partial charge in [-0.15, -0.1) is 0 Å². The Kier molecular flexibility index (Phi) is 6.61. The largest absolute Gasteiger partial charge is 0.505 e. The van der Waals surface area contributed by atoms with Crippen LogP contribution in [0.3, 0.4) is 0 Å². The molecular formula is C21H26N6O4. The van der Waals surface area contributed by atoms with Gasteiger partial charge in [-0.3, -0.25) is 15.4 Å². The lowest BCUT2D eigenvalue weighted by atomic mass is 9.94. The second-order valence-electron chi connectivity index (χ2n) is 7.04. The van der Waals surface area contributed by atoms with Crippen molar-refractivity contribution in [1.29, 1.82) is 0 Å². The zero-order valence-electron chi connectivity index (χ0n) is 17.3. The highest BCUT2D eigenvalue weighted by molar-refractivity contribution is 6.04. The number of hydrazone groups is 1. The van der Waals surface area contributed by atoms with Crippen molar-refractivity contribution >= 4 is 35.2 Å². The summed E-state index contributed by atoms with van der Waals surface area (Å²) in [5.41, 5.74) is 5.60. The van der Waals surface area contributed by atoms with E-state index >= 15 is 0 Å². The Balaban J connectivity index is 2.08. The van der Waals surface area contributed by atoms with Crippen LogP contribution in [0.5, 0.6) is 0 Å². The molecule has 10 heteroatoms. The SMILES string of the molecule is C/C=N\N1C(C(=O)NCC(=O)O)=C(O)c2ccc(/C(=C/NC3CC3)NN)cc2/C1=C\C. The van der Waals surface area contributed by atoms with Crippen LogP contribution < -0.4 is 21.9 Å². The summed E-state index contributed by atoms with van der Waals surface area (Å²) in [5, 5.41) is 30.8. The molecule has 0 saturated heterocycles. The number of benzene rings is 1. The van der Waals surface area contributed by atoms with Crippen LogP contribution in [0.1, 0.15) is 43.4 Å². The first-order valence-corrected chi connectivity index (χ1v) is 9.87. The number of fused-ring (bicyclic) bond motifs is 1. The number of nitrogens with zero attached hydrogens (tertiary/aromatic N) is 2. The van der Waals surface area contributed by atoms with Crippen LogP contribution in [0, 0.1) is 0 Å². The summed E-state index contributed by atoms with van der Waals surface area (Å²) in [6.07, 6.45) is 7.30. The highest BCUT2D eigenvalue weighted by atomic mass is 16.4. The number of aliphatic hydroxyl groups excluding tert-OH is 1. The van der Waals surface area contributed by atoms with E-state index in [0.29, 0.717) is 28.6 Å². The van der Waals surface area contributed by atoms with Crippen LogP contribution in [-0.4, -0.2) is 45.9 Å². The molecule has 3 rings (SSSR count). The summed E-state index contributed by atoms with van der Waals surface area (Å²) < 4.78 is 0. The molecule has 1 aromatic rings. The average molecular weight is 426 g/mol. The van der Waals surface area contributed by atoms with E-state index in [1.165, 1.54) is 11.2 Å². The van der Waals surface area contributed by atoms with Crippen LogP contribution in [0.15, 0.2) is 41.3 Å². The van der Waals surface area contributed by atoms with E-state index in [1.807, 2.05) is 12.3 Å². The fraction of sp³-hybridized carbons (Fsp3) is 0.286. The maximum atomic E-state index is 12.7. The van der Waals surface area contributed by atoms with Gasteiger partial charge in [-0.25, -0.2) is 5.01 Å².